The molecule has 0 atom stereocenters. The summed E-state index contributed by atoms with van der Waals surface area (Å²) in [5, 5.41) is 19.2. The molecule has 6 aromatic heterocycles. The van der Waals surface area contributed by atoms with Crippen molar-refractivity contribution in [3.05, 3.63) is 224 Å². The van der Waals surface area contributed by atoms with Gasteiger partial charge in [0, 0.05) is 66.8 Å². The van der Waals surface area contributed by atoms with Crippen LogP contribution in [-0.2, 0) is 34.8 Å². The molecule has 9 heterocycles. The van der Waals surface area contributed by atoms with Crippen molar-refractivity contribution in [1.82, 2.24) is 57.5 Å². The van der Waals surface area contributed by atoms with E-state index in [2.05, 4.69) is 61.6 Å². The molecule has 9 N–H and O–H groups in total. The van der Waals surface area contributed by atoms with Crippen LogP contribution in [0.4, 0.5) is 48.5 Å². The highest BCUT2D eigenvalue weighted by molar-refractivity contribution is 7.93. The average Bonchev–Trinajstić information content (AvgIpc) is 1.70. The van der Waals surface area contributed by atoms with Crippen LogP contribution in [0.15, 0.2) is 192 Å². The van der Waals surface area contributed by atoms with Crippen LogP contribution in [0.2, 0.25) is 28.1 Å². The first-order chi connectivity index (χ1) is 58.6. The summed E-state index contributed by atoms with van der Waals surface area (Å²) in [5.41, 5.74) is 5.18. The summed E-state index contributed by atoms with van der Waals surface area (Å²) in [5.74, 6) is 0. The van der Waals surface area contributed by atoms with E-state index >= 15 is 0 Å². The Morgan fingerprint density at radius 3 is 0.934 bits per heavy atom. The SMILES string of the molecule is O=C(Nc1ccc(-n2cnc3cc(NCCCN4CCCC4)ccc3c2=O)c(Cl)c1)NS(=O)(=O)c1ccc(Cl)s1.O=C(Nc1ccc(-n2cnc3cc(NCCCN4CCCCC4)ccc3c2=O)c(Cl)c1)NS(=O)(=O)c1ccc(Cl)s1.O=C(Nc1ccc(-n2cnc3cc(NCCCN4CCOCC4)ccc3c2=O)c(Cl)c1)NS(=O)(=O)c1ccc(Cl)s1. The number of piperidine rings is 1. The van der Waals surface area contributed by atoms with Crippen LogP contribution in [-0.4, -0.2) is 178 Å². The molecule has 6 amide bonds. The van der Waals surface area contributed by atoms with Crippen LogP contribution in [0.5, 0.6) is 0 Å². The van der Waals surface area contributed by atoms with Crippen molar-refractivity contribution >= 4 is 219 Å². The predicted molar refractivity (Wildman–Crippen MR) is 486 cm³/mol. The maximum absolute atomic E-state index is 13.3. The third-order valence-electron chi connectivity index (χ3n) is 19.5. The Hall–Kier alpha value is -9.52. The number of halogens is 6. The van der Waals surface area contributed by atoms with Crippen LogP contribution in [0.1, 0.15) is 51.4 Å². The zero-order chi connectivity index (χ0) is 86.2. The van der Waals surface area contributed by atoms with Gasteiger partial charge >= 0.3 is 18.1 Å². The van der Waals surface area contributed by atoms with Crippen molar-refractivity contribution < 1.29 is 44.4 Å². The highest BCUT2D eigenvalue weighted by Crippen LogP contribution is 2.32. The van der Waals surface area contributed by atoms with Gasteiger partial charge in [0.15, 0.2) is 0 Å². The molecule has 3 saturated heterocycles. The molecule has 0 saturated carbocycles. The number of aromatic nitrogens is 6. The number of ether oxygens (including phenoxy) is 1. The molecular weight excluding hydrogens is 1810 g/mol. The highest BCUT2D eigenvalue weighted by Gasteiger charge is 2.25. The van der Waals surface area contributed by atoms with Gasteiger partial charge in [0.2, 0.25) is 0 Å². The van der Waals surface area contributed by atoms with Gasteiger partial charge in [0.05, 0.1) is 91.1 Å². The fourth-order valence-electron chi connectivity index (χ4n) is 13.5. The van der Waals surface area contributed by atoms with Crippen LogP contribution in [0.25, 0.3) is 49.8 Å². The zero-order valence-electron chi connectivity index (χ0n) is 64.7. The second kappa shape index (κ2) is 41.3. The number of hydrogen-bond donors (Lipinski definition) is 9. The topological polar surface area (TPSA) is 386 Å². The van der Waals surface area contributed by atoms with E-state index in [4.69, 9.17) is 74.3 Å². The van der Waals surface area contributed by atoms with E-state index in [1.165, 1.54) is 176 Å². The Bertz CT molecular complexity index is 6150. The van der Waals surface area contributed by atoms with Crippen molar-refractivity contribution in [3.8, 4) is 17.1 Å². The van der Waals surface area contributed by atoms with Gasteiger partial charge in [-0.05, 0) is 236 Å². The number of carbonyl (C=O) groups excluding carboxylic acids is 3. The number of sulfonamides is 3. The molecule has 122 heavy (non-hydrogen) atoms. The number of morpholine rings is 1. The molecule has 642 valence electrons. The summed E-state index contributed by atoms with van der Waals surface area (Å²) >= 11 is 39.2. The van der Waals surface area contributed by atoms with Gasteiger partial charge in [-0.25, -0.2) is 68.8 Å². The number of urea groups is 3. The molecule has 0 spiro atoms. The molecule has 31 nitrogen and oxygen atoms in total. The molecule has 12 aromatic rings. The van der Waals surface area contributed by atoms with Gasteiger partial charge < -0.3 is 46.4 Å². The Morgan fingerprint density at radius 1 is 0.361 bits per heavy atom. The van der Waals surface area contributed by atoms with E-state index < -0.39 is 48.2 Å². The lowest BCUT2D eigenvalue weighted by atomic mass is 10.1. The zero-order valence-corrected chi connectivity index (χ0v) is 74.1. The van der Waals surface area contributed by atoms with E-state index in [0.29, 0.717) is 49.8 Å². The molecule has 3 fully saturated rings. The normalized spacial score (nSPS) is 14.1. The molecule has 0 bridgehead atoms. The van der Waals surface area contributed by atoms with Gasteiger partial charge in [0.1, 0.15) is 31.6 Å². The smallest absolute Gasteiger partial charge is 0.333 e. The number of amides is 6. The molecule has 15 rings (SSSR count). The second-order valence-corrected chi connectivity index (χ2v) is 40.1. The minimum atomic E-state index is -4.09. The van der Waals surface area contributed by atoms with Crippen LogP contribution < -0.4 is 62.7 Å². The number of likely N-dealkylation sites (tertiary alicyclic amines) is 2. The van der Waals surface area contributed by atoms with Crippen LogP contribution in [0.3, 0.4) is 0 Å². The first-order valence-electron chi connectivity index (χ1n) is 38.3. The van der Waals surface area contributed by atoms with E-state index in [1.807, 2.05) is 50.6 Å². The Labute approximate surface area is 742 Å². The van der Waals surface area contributed by atoms with Crippen molar-refractivity contribution in [2.24, 2.45) is 0 Å². The molecule has 0 radical (unpaired) electrons. The Kier molecular flexibility index (Phi) is 30.6. The predicted octanol–water partition coefficient (Wildman–Crippen LogP) is 15.1. The monoisotopic (exact) mass is 1890 g/mol. The summed E-state index contributed by atoms with van der Waals surface area (Å²) in [4.78, 5) is 97.4. The summed E-state index contributed by atoms with van der Waals surface area (Å²) in [6.45, 7) is 13.8. The minimum absolute atomic E-state index is 0.0926. The van der Waals surface area contributed by atoms with Crippen molar-refractivity contribution in [1.29, 1.82) is 0 Å². The third-order valence-corrected chi connectivity index (χ3v) is 29.6. The van der Waals surface area contributed by atoms with Gasteiger partial charge in [0.25, 0.3) is 46.7 Å². The quantitative estimate of drug-likeness (QED) is 0.0216. The Balaban J connectivity index is 0.000000158. The number of nitrogens with one attached hydrogen (secondary N) is 9. The first kappa shape index (κ1) is 90.2. The standard InChI is InChI=1S/C27H28Cl2N6O4S2.C26H26Cl2N6O5S2.C26H26Cl2N6O4S2/c28-21-15-19(32-27(37)33-41(38,39)25-10-9-24(29)40-25)6-8-23(21)35-17-31-22-16-18(5-7-20(22)26(35)36)30-11-4-14-34-12-2-1-3-13-34;27-20-14-18(31-26(36)32-41(37,38)24-7-6-23(28)40-24)3-5-22(20)34-16-30-21-15-17(2-4-19(21)25(34)35)29-8-1-9-33-10-12-39-13-11-33;27-20-14-18(31-26(36)32-40(37,38)24-9-8-23(28)39-24)5-7-22(20)34-16-30-21-15-17(4-6-19(21)25(34)35)29-10-3-13-33-11-1-2-12-33/h5-10,15-17,30H,1-4,11-14H2,(H2,32,33,37);2-7,14-16,29H,1,8-13H2,(H2,31,32,36);4-9,14-16,29H,1-3,10-13H2,(H2,31,32,36). The van der Waals surface area contributed by atoms with Crippen molar-refractivity contribution in [2.75, 3.05) is 124 Å². The van der Waals surface area contributed by atoms with Crippen LogP contribution in [0, 0.1) is 0 Å². The molecule has 3 aliphatic rings. The molecule has 6 aromatic carbocycles. The number of thiophene rings is 3. The van der Waals surface area contributed by atoms with E-state index in [-0.39, 0.29) is 74.4 Å². The minimum Gasteiger partial charge on any atom is -0.385 e. The van der Waals surface area contributed by atoms with Gasteiger partial charge in [-0.15, -0.1) is 34.0 Å². The summed E-state index contributed by atoms with van der Waals surface area (Å²) < 4.78 is 89.7. The lowest BCUT2D eigenvalue weighted by Gasteiger charge is -2.26. The fraction of sp³-hybridized carbons (Fsp3) is 0.278. The van der Waals surface area contributed by atoms with Gasteiger partial charge in [-0.3, -0.25) is 33.0 Å². The number of hydrogen-bond acceptors (Lipinski definition) is 25. The highest BCUT2D eigenvalue weighted by atomic mass is 35.5. The number of fused-ring (bicyclic) bond motifs is 3. The summed E-state index contributed by atoms with van der Waals surface area (Å²) in [6.07, 6.45) is 13.7. The fourth-order valence-corrected chi connectivity index (χ4v) is 21.5. The molecule has 0 unspecified atom stereocenters. The Morgan fingerprint density at radius 2 is 0.648 bits per heavy atom. The number of anilines is 6. The number of rotatable bonds is 27. The van der Waals surface area contributed by atoms with Gasteiger partial charge in [-0.1, -0.05) is 76.0 Å². The van der Waals surface area contributed by atoms with Crippen molar-refractivity contribution in [2.45, 2.75) is 64.0 Å². The van der Waals surface area contributed by atoms with Crippen molar-refractivity contribution in [3.63, 3.8) is 0 Å². The number of benzene rings is 6. The van der Waals surface area contributed by atoms with E-state index in [0.717, 1.165) is 136 Å². The van der Waals surface area contributed by atoms with E-state index in [9.17, 15) is 54.0 Å². The lowest BCUT2D eigenvalue weighted by Crippen LogP contribution is -2.37. The first-order valence-corrected chi connectivity index (χ1v) is 47.4. The second-order valence-electron chi connectivity index (χ2n) is 28.1. The molecule has 43 heteroatoms. The molecule has 3 aliphatic heterocycles. The maximum Gasteiger partial charge on any atom is 0.333 e. The van der Waals surface area contributed by atoms with Crippen LogP contribution >= 0.6 is 104 Å². The largest absolute Gasteiger partial charge is 0.385 e. The number of carbonyl (C=O) groups is 3. The molecular formula is C79H80Cl6N18O13S6. The van der Waals surface area contributed by atoms with Gasteiger partial charge in [-0.2, -0.15) is 0 Å². The third kappa shape index (κ3) is 23.9. The number of nitrogens with zero attached hydrogens (tertiary/aromatic N) is 9. The molecule has 0 aliphatic carbocycles. The van der Waals surface area contributed by atoms with E-state index in [1.54, 1.807) is 24.3 Å². The lowest BCUT2D eigenvalue weighted by molar-refractivity contribution is 0.0378. The maximum atomic E-state index is 13.3. The summed E-state index contributed by atoms with van der Waals surface area (Å²) in [7, 11) is -12.2. The average molecular weight is 1890 g/mol. The summed E-state index contributed by atoms with van der Waals surface area (Å²) in [6, 6.07) is 34.9.